The molecule has 0 aliphatic carbocycles. The molecule has 0 saturated carbocycles. The van der Waals surface area contributed by atoms with E-state index < -0.39 is 46.1 Å². The molecule has 1 aliphatic heterocycles. The number of hydrogen-bond acceptors (Lipinski definition) is 9. The molecule has 0 radical (unpaired) electrons. The molecule has 1 aromatic rings. The zero-order valence-corrected chi connectivity index (χ0v) is 15.9. The van der Waals surface area contributed by atoms with Crippen molar-refractivity contribution < 1.29 is 36.9 Å². The summed E-state index contributed by atoms with van der Waals surface area (Å²) >= 11 is 6.39. The monoisotopic (exact) mass is 464 g/mol. The van der Waals surface area contributed by atoms with Crippen LogP contribution < -0.4 is 10.6 Å². The van der Waals surface area contributed by atoms with Crippen LogP contribution in [0.4, 0.5) is 5.13 Å². The number of carbonyl (C=O) groups excluding carboxylic acids is 4. The molecule has 0 spiro atoms. The number of ether oxygens (including phenoxy) is 1. The van der Waals surface area contributed by atoms with E-state index in [1.165, 1.54) is 5.38 Å². The zero-order chi connectivity index (χ0) is 20.4. The summed E-state index contributed by atoms with van der Waals surface area (Å²) in [4.78, 5) is 50.8. The second kappa shape index (κ2) is 9.96. The van der Waals surface area contributed by atoms with Crippen molar-refractivity contribution >= 4 is 91.6 Å². The fourth-order valence-corrected chi connectivity index (χ4v) is 3.83. The van der Waals surface area contributed by atoms with E-state index in [1.807, 2.05) is 0 Å². The molecule has 1 saturated heterocycles. The van der Waals surface area contributed by atoms with Crippen molar-refractivity contribution in [3.8, 4) is 0 Å². The maximum absolute atomic E-state index is 12.1. The standard InChI is InChI=1S/C12H13ClN4O8S2.Na.H/c1-25-11(21)9-8(10(20)17(9)27(22,23)24)15-6(18)2-5-4-26-12(14-5)16-7(19)3-13;;/h4,8-9H,2-3H2,1H3,(H,15,18)(H,14,16,19)(H,22,23,24);;. The van der Waals surface area contributed by atoms with Crippen LogP contribution in [-0.4, -0.2) is 101 Å². The first-order valence-corrected chi connectivity index (χ1v) is 9.87. The van der Waals surface area contributed by atoms with Crippen LogP contribution in [0.3, 0.4) is 0 Å². The average molecular weight is 465 g/mol. The van der Waals surface area contributed by atoms with Crippen molar-refractivity contribution in [1.29, 1.82) is 0 Å². The molecule has 16 heteroatoms. The van der Waals surface area contributed by atoms with Crippen molar-refractivity contribution in [2.75, 3.05) is 18.3 Å². The molecule has 1 aromatic heterocycles. The first-order valence-electron chi connectivity index (χ1n) is 7.06. The van der Waals surface area contributed by atoms with Crippen molar-refractivity contribution in [2.45, 2.75) is 18.5 Å². The Hall–Kier alpha value is -1.29. The minimum atomic E-state index is -4.99. The Kier molecular flexibility index (Phi) is 8.80. The minimum absolute atomic E-state index is 0. The summed E-state index contributed by atoms with van der Waals surface area (Å²) in [7, 11) is -4.03. The number of halogens is 1. The van der Waals surface area contributed by atoms with Crippen LogP contribution in [0.25, 0.3) is 0 Å². The van der Waals surface area contributed by atoms with Crippen molar-refractivity contribution in [3.63, 3.8) is 0 Å². The third kappa shape index (κ3) is 5.62. The molecule has 2 atom stereocenters. The number of carbonyl (C=O) groups is 4. The van der Waals surface area contributed by atoms with Crippen molar-refractivity contribution in [2.24, 2.45) is 0 Å². The quantitative estimate of drug-likeness (QED) is 0.134. The number of aromatic nitrogens is 1. The third-order valence-corrected chi connectivity index (χ3v) is 5.27. The Balaban J connectivity index is 0.00000392. The van der Waals surface area contributed by atoms with Gasteiger partial charge >= 0.3 is 45.8 Å². The van der Waals surface area contributed by atoms with Crippen LogP contribution in [0, 0.1) is 0 Å². The van der Waals surface area contributed by atoms with Crippen LogP contribution in [0.5, 0.6) is 0 Å². The van der Waals surface area contributed by atoms with E-state index in [0.29, 0.717) is 0 Å². The molecule has 28 heavy (non-hydrogen) atoms. The molecule has 0 aromatic carbocycles. The molecule has 2 heterocycles. The Morgan fingerprint density at radius 3 is 2.57 bits per heavy atom. The molecule has 2 rings (SSSR count). The number of methoxy groups -OCH3 is 1. The van der Waals surface area contributed by atoms with Gasteiger partial charge in [0.05, 0.1) is 19.2 Å². The van der Waals surface area contributed by atoms with Gasteiger partial charge in [-0.05, 0) is 0 Å². The topological polar surface area (TPSA) is 172 Å². The number of esters is 1. The van der Waals surface area contributed by atoms with E-state index in [0.717, 1.165) is 18.4 Å². The van der Waals surface area contributed by atoms with Gasteiger partial charge in [-0.1, -0.05) is 0 Å². The molecule has 0 bridgehead atoms. The number of nitrogens with one attached hydrogen (secondary N) is 2. The van der Waals surface area contributed by atoms with Gasteiger partial charge in [-0.15, -0.1) is 22.9 Å². The molecule has 1 aliphatic rings. The van der Waals surface area contributed by atoms with E-state index in [1.54, 1.807) is 0 Å². The van der Waals surface area contributed by atoms with Crippen LogP contribution in [0.1, 0.15) is 5.69 Å². The maximum atomic E-state index is 12.1. The molecular weight excluding hydrogens is 451 g/mol. The first kappa shape index (κ1) is 24.7. The van der Waals surface area contributed by atoms with Gasteiger partial charge in [-0.25, -0.2) is 9.78 Å². The number of β-lactam (4-membered cyclic amide) rings is 1. The van der Waals surface area contributed by atoms with Gasteiger partial charge in [0.2, 0.25) is 11.8 Å². The number of amides is 3. The zero-order valence-electron chi connectivity index (χ0n) is 13.5. The summed E-state index contributed by atoms with van der Waals surface area (Å²) in [6, 6.07) is -3.23. The number of alkyl halides is 1. The number of anilines is 1. The second-order valence-electron chi connectivity index (χ2n) is 5.13. The van der Waals surface area contributed by atoms with Gasteiger partial charge in [-0.2, -0.15) is 12.7 Å². The molecule has 1 fully saturated rings. The second-order valence-corrected chi connectivity index (χ2v) is 7.54. The fraction of sp³-hybridized carbons (Fsp3) is 0.417. The normalized spacial score (nSPS) is 18.5. The summed E-state index contributed by atoms with van der Waals surface area (Å²) < 4.78 is 35.7. The SMILES string of the molecule is COC(=O)C1C(NC(=O)Cc2csc(NC(=O)CCl)n2)C(=O)N1S(=O)(=O)O.[NaH]. The molecule has 150 valence electrons. The first-order chi connectivity index (χ1) is 12.6. The van der Waals surface area contributed by atoms with Crippen LogP contribution in [0.2, 0.25) is 0 Å². The Bertz CT molecular complexity index is 892. The van der Waals surface area contributed by atoms with Crippen LogP contribution in [0.15, 0.2) is 5.38 Å². The third-order valence-electron chi connectivity index (χ3n) is 3.32. The van der Waals surface area contributed by atoms with E-state index >= 15 is 0 Å². The molecule has 3 amide bonds. The molecule has 2 unspecified atom stereocenters. The van der Waals surface area contributed by atoms with E-state index in [2.05, 4.69) is 20.4 Å². The van der Waals surface area contributed by atoms with Crippen molar-refractivity contribution in [3.05, 3.63) is 11.1 Å². The van der Waals surface area contributed by atoms with Gasteiger partial charge < -0.3 is 15.4 Å². The fourth-order valence-electron chi connectivity index (χ4n) is 2.20. The predicted molar refractivity (Wildman–Crippen MR) is 98.4 cm³/mol. The Morgan fingerprint density at radius 2 is 2.04 bits per heavy atom. The summed E-state index contributed by atoms with van der Waals surface area (Å²) in [5.74, 6) is -3.80. The van der Waals surface area contributed by atoms with Gasteiger partial charge in [0, 0.05) is 5.38 Å². The average Bonchev–Trinajstić information content (AvgIpc) is 3.01. The molecule has 12 nitrogen and oxygen atoms in total. The van der Waals surface area contributed by atoms with Gasteiger partial charge in [0.15, 0.2) is 11.2 Å². The molecule has 3 N–H and O–H groups in total. The van der Waals surface area contributed by atoms with Crippen molar-refractivity contribution in [1.82, 2.24) is 14.6 Å². The van der Waals surface area contributed by atoms with Crippen LogP contribution >= 0.6 is 22.9 Å². The Morgan fingerprint density at radius 1 is 1.39 bits per heavy atom. The van der Waals surface area contributed by atoms with Gasteiger partial charge in [0.25, 0.3) is 5.91 Å². The number of nitrogens with zero attached hydrogens (tertiary/aromatic N) is 2. The van der Waals surface area contributed by atoms with E-state index in [-0.39, 0.29) is 57.0 Å². The van der Waals surface area contributed by atoms with E-state index in [9.17, 15) is 27.6 Å². The number of rotatable bonds is 7. The summed E-state index contributed by atoms with van der Waals surface area (Å²) in [5.41, 5.74) is 0.260. The summed E-state index contributed by atoms with van der Waals surface area (Å²) in [6.45, 7) is 0. The predicted octanol–water partition coefficient (Wildman–Crippen LogP) is -2.11. The summed E-state index contributed by atoms with van der Waals surface area (Å²) in [5, 5.41) is 6.29. The Labute approximate surface area is 190 Å². The summed E-state index contributed by atoms with van der Waals surface area (Å²) in [6.07, 6.45) is -0.309. The molecular formula is C12H14ClN4NaO8S2. The number of thiazole rings is 1. The van der Waals surface area contributed by atoms with Gasteiger partial charge in [0.1, 0.15) is 11.9 Å². The van der Waals surface area contributed by atoms with Crippen LogP contribution in [-0.2, 0) is 40.6 Å². The van der Waals surface area contributed by atoms with Gasteiger partial charge in [-0.3, -0.25) is 18.9 Å². The van der Waals surface area contributed by atoms with E-state index in [4.69, 9.17) is 16.2 Å². The number of hydrogen-bond donors (Lipinski definition) is 3.